The summed E-state index contributed by atoms with van der Waals surface area (Å²) in [6, 6.07) is 14.7. The number of hydrogen-bond donors (Lipinski definition) is 1. The number of pyridine rings is 1. The SMILES string of the molecule is CCOC(=O)N1CCC(n2ccc3c(NC(=O)c4ccccc4C)cccc3c2=O)CC1. The molecule has 0 saturated carbocycles. The second-order valence-electron chi connectivity index (χ2n) is 7.98. The number of carbonyl (C=O) groups excluding carboxylic acids is 2. The van der Waals surface area contributed by atoms with E-state index in [1.54, 1.807) is 46.9 Å². The molecular weight excluding hydrogens is 406 g/mol. The molecule has 1 aromatic heterocycles. The van der Waals surface area contributed by atoms with Crippen molar-refractivity contribution in [3.63, 3.8) is 0 Å². The number of carbonyl (C=O) groups is 2. The predicted octanol–water partition coefficient (Wildman–Crippen LogP) is 4.36. The second kappa shape index (κ2) is 9.26. The first-order valence-electron chi connectivity index (χ1n) is 10.9. The van der Waals surface area contributed by atoms with Gasteiger partial charge in [-0.1, -0.05) is 24.3 Å². The van der Waals surface area contributed by atoms with Crippen molar-refractivity contribution < 1.29 is 14.3 Å². The summed E-state index contributed by atoms with van der Waals surface area (Å²) in [5.41, 5.74) is 2.01. The first-order valence-corrected chi connectivity index (χ1v) is 10.9. The molecule has 2 heterocycles. The van der Waals surface area contributed by atoms with Crippen LogP contribution in [0.15, 0.2) is 59.5 Å². The van der Waals surface area contributed by atoms with Gasteiger partial charge in [0.05, 0.1) is 6.61 Å². The van der Waals surface area contributed by atoms with Gasteiger partial charge in [-0.25, -0.2) is 4.79 Å². The molecule has 0 aliphatic carbocycles. The van der Waals surface area contributed by atoms with Crippen molar-refractivity contribution in [1.82, 2.24) is 9.47 Å². The Morgan fingerprint density at radius 3 is 2.50 bits per heavy atom. The highest BCUT2D eigenvalue weighted by Crippen LogP contribution is 2.26. The predicted molar refractivity (Wildman–Crippen MR) is 124 cm³/mol. The molecule has 4 rings (SSSR count). The number of fused-ring (bicyclic) bond motifs is 1. The van der Waals surface area contributed by atoms with Gasteiger partial charge in [-0.3, -0.25) is 9.59 Å². The summed E-state index contributed by atoms with van der Waals surface area (Å²) in [4.78, 5) is 39.6. The van der Waals surface area contributed by atoms with Crippen LogP contribution in [0.3, 0.4) is 0 Å². The van der Waals surface area contributed by atoms with Crippen LogP contribution in [-0.4, -0.2) is 41.2 Å². The van der Waals surface area contributed by atoms with Gasteiger partial charge in [0.25, 0.3) is 11.5 Å². The zero-order chi connectivity index (χ0) is 22.7. The fourth-order valence-electron chi connectivity index (χ4n) is 4.25. The lowest BCUT2D eigenvalue weighted by Gasteiger charge is -2.32. The van der Waals surface area contributed by atoms with Crippen LogP contribution in [0.25, 0.3) is 10.8 Å². The Morgan fingerprint density at radius 2 is 1.78 bits per heavy atom. The number of hydrogen-bond acceptors (Lipinski definition) is 4. The number of benzene rings is 2. The molecule has 1 aliphatic heterocycles. The van der Waals surface area contributed by atoms with Crippen molar-refractivity contribution in [2.24, 2.45) is 0 Å². The number of nitrogens with zero attached hydrogens (tertiary/aromatic N) is 2. The summed E-state index contributed by atoms with van der Waals surface area (Å²) in [6.45, 7) is 5.15. The van der Waals surface area contributed by atoms with Gasteiger partial charge in [-0.05, 0) is 56.5 Å². The molecule has 0 unspecified atom stereocenters. The van der Waals surface area contributed by atoms with Crippen LogP contribution < -0.4 is 10.9 Å². The van der Waals surface area contributed by atoms with E-state index in [4.69, 9.17) is 4.74 Å². The molecule has 166 valence electrons. The molecule has 7 nitrogen and oxygen atoms in total. The quantitative estimate of drug-likeness (QED) is 0.663. The molecule has 7 heteroatoms. The molecule has 1 aliphatic rings. The van der Waals surface area contributed by atoms with E-state index in [1.165, 1.54) is 0 Å². The number of aromatic nitrogens is 1. The number of amides is 2. The van der Waals surface area contributed by atoms with Crippen molar-refractivity contribution in [1.29, 1.82) is 0 Å². The number of rotatable bonds is 4. The van der Waals surface area contributed by atoms with E-state index in [-0.39, 0.29) is 23.6 Å². The van der Waals surface area contributed by atoms with Gasteiger partial charge in [0.2, 0.25) is 0 Å². The Balaban J connectivity index is 1.57. The van der Waals surface area contributed by atoms with Gasteiger partial charge in [0, 0.05) is 47.4 Å². The van der Waals surface area contributed by atoms with E-state index in [2.05, 4.69) is 5.32 Å². The number of likely N-dealkylation sites (tertiary alicyclic amines) is 1. The lowest BCUT2D eigenvalue weighted by atomic mass is 10.0. The third-order valence-electron chi connectivity index (χ3n) is 5.99. The Hall–Kier alpha value is -3.61. The zero-order valence-electron chi connectivity index (χ0n) is 18.3. The van der Waals surface area contributed by atoms with E-state index in [0.29, 0.717) is 54.6 Å². The van der Waals surface area contributed by atoms with E-state index >= 15 is 0 Å². The lowest BCUT2D eigenvalue weighted by molar-refractivity contribution is 0.0923. The fourth-order valence-corrected chi connectivity index (χ4v) is 4.25. The first-order chi connectivity index (χ1) is 15.5. The van der Waals surface area contributed by atoms with Crippen LogP contribution in [0.5, 0.6) is 0 Å². The summed E-state index contributed by atoms with van der Waals surface area (Å²) in [7, 11) is 0. The smallest absolute Gasteiger partial charge is 0.409 e. The molecule has 0 spiro atoms. The van der Waals surface area contributed by atoms with E-state index < -0.39 is 0 Å². The molecule has 0 atom stereocenters. The minimum absolute atomic E-state index is 0.0165. The van der Waals surface area contributed by atoms with Crippen LogP contribution in [-0.2, 0) is 4.74 Å². The number of piperidine rings is 1. The molecule has 1 fully saturated rings. The maximum Gasteiger partial charge on any atom is 0.409 e. The minimum atomic E-state index is -0.300. The highest BCUT2D eigenvalue weighted by atomic mass is 16.6. The highest BCUT2D eigenvalue weighted by molar-refractivity contribution is 6.09. The summed E-state index contributed by atoms with van der Waals surface area (Å²) in [5.74, 6) is -0.203. The summed E-state index contributed by atoms with van der Waals surface area (Å²) < 4.78 is 6.82. The number of aryl methyl sites for hydroxylation is 1. The Kier molecular flexibility index (Phi) is 6.25. The van der Waals surface area contributed by atoms with Gasteiger partial charge in [-0.2, -0.15) is 0 Å². The Bertz CT molecular complexity index is 1210. The van der Waals surface area contributed by atoms with Gasteiger partial charge >= 0.3 is 6.09 Å². The number of ether oxygens (including phenoxy) is 1. The molecule has 32 heavy (non-hydrogen) atoms. The maximum absolute atomic E-state index is 13.3. The molecule has 1 saturated heterocycles. The van der Waals surface area contributed by atoms with Crippen LogP contribution >= 0.6 is 0 Å². The third kappa shape index (κ3) is 4.23. The summed E-state index contributed by atoms with van der Waals surface area (Å²) in [6.07, 6.45) is 2.87. The molecule has 2 aromatic carbocycles. The van der Waals surface area contributed by atoms with Gasteiger partial charge in [0.1, 0.15) is 0 Å². The fraction of sp³-hybridized carbons (Fsp3) is 0.320. The molecule has 1 N–H and O–H groups in total. The lowest BCUT2D eigenvalue weighted by Crippen LogP contribution is -2.41. The normalized spacial score (nSPS) is 14.4. The van der Waals surface area contributed by atoms with Crippen molar-refractivity contribution in [2.75, 3.05) is 25.0 Å². The zero-order valence-corrected chi connectivity index (χ0v) is 18.3. The van der Waals surface area contributed by atoms with Crippen LogP contribution in [0.2, 0.25) is 0 Å². The van der Waals surface area contributed by atoms with Crippen molar-refractivity contribution in [2.45, 2.75) is 32.7 Å². The first kappa shape index (κ1) is 21.6. The molecular formula is C25H27N3O4. The average Bonchev–Trinajstić information content (AvgIpc) is 2.80. The minimum Gasteiger partial charge on any atom is -0.450 e. The molecule has 0 bridgehead atoms. The van der Waals surface area contributed by atoms with E-state index in [0.717, 1.165) is 5.56 Å². The average molecular weight is 434 g/mol. The topological polar surface area (TPSA) is 80.6 Å². The van der Waals surface area contributed by atoms with Crippen LogP contribution in [0, 0.1) is 6.92 Å². The second-order valence-corrected chi connectivity index (χ2v) is 7.98. The van der Waals surface area contributed by atoms with Gasteiger partial charge in [0.15, 0.2) is 0 Å². The molecule has 0 radical (unpaired) electrons. The number of anilines is 1. The Morgan fingerprint density at radius 1 is 1.03 bits per heavy atom. The molecule has 2 amide bonds. The van der Waals surface area contributed by atoms with E-state index in [1.807, 2.05) is 31.2 Å². The van der Waals surface area contributed by atoms with Crippen LogP contribution in [0.4, 0.5) is 10.5 Å². The third-order valence-corrected chi connectivity index (χ3v) is 5.99. The standard InChI is InChI=1S/C25H27N3O4/c1-3-32-25(31)27-14-11-18(12-15-27)28-16-13-20-21(24(28)30)9-6-10-22(20)26-23(29)19-8-5-4-7-17(19)2/h4-10,13,16,18H,3,11-12,14-15H2,1-2H3,(H,26,29). The van der Waals surface area contributed by atoms with Gasteiger partial charge in [-0.15, -0.1) is 0 Å². The van der Waals surface area contributed by atoms with E-state index in [9.17, 15) is 14.4 Å². The largest absolute Gasteiger partial charge is 0.450 e. The number of nitrogens with one attached hydrogen (secondary N) is 1. The monoisotopic (exact) mass is 433 g/mol. The van der Waals surface area contributed by atoms with Crippen molar-refractivity contribution in [3.05, 3.63) is 76.2 Å². The Labute approximate surface area is 186 Å². The maximum atomic E-state index is 13.3. The summed E-state index contributed by atoms with van der Waals surface area (Å²) >= 11 is 0. The van der Waals surface area contributed by atoms with Crippen molar-refractivity contribution in [3.8, 4) is 0 Å². The van der Waals surface area contributed by atoms with Gasteiger partial charge < -0.3 is 19.5 Å². The van der Waals surface area contributed by atoms with Crippen molar-refractivity contribution >= 4 is 28.5 Å². The summed E-state index contributed by atoms with van der Waals surface area (Å²) in [5, 5.41) is 4.22. The van der Waals surface area contributed by atoms with Crippen LogP contribution in [0.1, 0.15) is 41.7 Å². The highest BCUT2D eigenvalue weighted by Gasteiger charge is 2.25. The molecule has 3 aromatic rings.